The van der Waals surface area contributed by atoms with Crippen molar-refractivity contribution < 1.29 is 0 Å². The van der Waals surface area contributed by atoms with Crippen molar-refractivity contribution in [3.63, 3.8) is 0 Å². The van der Waals surface area contributed by atoms with Crippen LogP contribution in [0.1, 0.15) is 26.7 Å². The van der Waals surface area contributed by atoms with E-state index in [1.807, 2.05) is 0 Å². The molecule has 1 aliphatic heterocycles. The van der Waals surface area contributed by atoms with Crippen LogP contribution in [0, 0.1) is 0 Å². The van der Waals surface area contributed by atoms with Gasteiger partial charge in [0.1, 0.15) is 0 Å². The standard InChI is InChI=1S/C6H13N.ClH/c1-5-3-4-6(2)7-5;/h5-7H,3-4H2,1-2H3;1H. The highest BCUT2D eigenvalue weighted by molar-refractivity contribution is 5.85. The summed E-state index contributed by atoms with van der Waals surface area (Å²) in [7, 11) is 0. The van der Waals surface area contributed by atoms with Gasteiger partial charge in [0.15, 0.2) is 0 Å². The lowest BCUT2D eigenvalue weighted by Crippen LogP contribution is -2.23. The Kier molecular flexibility index (Phi) is 3.41. The Bertz CT molecular complexity index is 57.5. The maximum Gasteiger partial charge on any atom is 0.00417 e. The molecular formula is C6H14ClN. The third-order valence-corrected chi connectivity index (χ3v) is 1.60. The van der Waals surface area contributed by atoms with Crippen LogP contribution in [-0.2, 0) is 0 Å². The smallest absolute Gasteiger partial charge is 0.00417 e. The molecular weight excluding hydrogens is 122 g/mol. The molecule has 1 saturated heterocycles. The molecule has 0 radical (unpaired) electrons. The van der Waals surface area contributed by atoms with E-state index in [0.29, 0.717) is 0 Å². The van der Waals surface area contributed by atoms with Crippen LogP contribution in [0.5, 0.6) is 0 Å². The molecule has 2 heteroatoms. The van der Waals surface area contributed by atoms with Gasteiger partial charge in [-0.25, -0.2) is 0 Å². The minimum Gasteiger partial charge on any atom is -0.312 e. The van der Waals surface area contributed by atoms with Crippen molar-refractivity contribution in [2.45, 2.75) is 38.8 Å². The van der Waals surface area contributed by atoms with Gasteiger partial charge in [0.05, 0.1) is 0 Å². The van der Waals surface area contributed by atoms with E-state index in [2.05, 4.69) is 19.2 Å². The van der Waals surface area contributed by atoms with E-state index < -0.39 is 0 Å². The Morgan fingerprint density at radius 1 is 1.12 bits per heavy atom. The molecule has 0 bridgehead atoms. The SMILES string of the molecule is CC1CCC(C)N1.Cl. The molecule has 1 nitrogen and oxygen atoms in total. The van der Waals surface area contributed by atoms with Gasteiger partial charge in [-0.2, -0.15) is 0 Å². The van der Waals surface area contributed by atoms with Gasteiger partial charge in [-0.05, 0) is 26.7 Å². The van der Waals surface area contributed by atoms with Crippen LogP contribution in [0.4, 0.5) is 0 Å². The molecule has 0 aromatic rings. The number of hydrogen-bond donors (Lipinski definition) is 1. The van der Waals surface area contributed by atoms with Crippen molar-refractivity contribution in [1.29, 1.82) is 0 Å². The Morgan fingerprint density at radius 2 is 1.50 bits per heavy atom. The van der Waals surface area contributed by atoms with Gasteiger partial charge >= 0.3 is 0 Å². The van der Waals surface area contributed by atoms with Gasteiger partial charge in [0, 0.05) is 12.1 Å². The molecule has 0 saturated carbocycles. The molecule has 0 aromatic heterocycles. The summed E-state index contributed by atoms with van der Waals surface area (Å²) in [6, 6.07) is 1.55. The van der Waals surface area contributed by atoms with Crippen molar-refractivity contribution in [2.75, 3.05) is 0 Å². The van der Waals surface area contributed by atoms with Crippen molar-refractivity contribution in [1.82, 2.24) is 5.32 Å². The molecule has 2 atom stereocenters. The summed E-state index contributed by atoms with van der Waals surface area (Å²) in [5.74, 6) is 0. The normalized spacial score (nSPS) is 36.8. The summed E-state index contributed by atoms with van der Waals surface area (Å²) in [6.07, 6.45) is 2.72. The third kappa shape index (κ3) is 2.01. The Labute approximate surface area is 57.3 Å². The molecule has 0 aromatic carbocycles. The molecule has 0 amide bonds. The molecule has 50 valence electrons. The highest BCUT2D eigenvalue weighted by atomic mass is 35.5. The number of hydrogen-bond acceptors (Lipinski definition) is 1. The number of rotatable bonds is 0. The minimum absolute atomic E-state index is 0. The zero-order valence-electron chi connectivity index (χ0n) is 5.48. The first-order chi connectivity index (χ1) is 3.29. The van der Waals surface area contributed by atoms with E-state index in [4.69, 9.17) is 0 Å². The summed E-state index contributed by atoms with van der Waals surface area (Å²) < 4.78 is 0. The van der Waals surface area contributed by atoms with Crippen molar-refractivity contribution >= 4 is 12.4 Å². The molecule has 0 aliphatic carbocycles. The molecule has 1 heterocycles. The maximum atomic E-state index is 3.42. The first kappa shape index (κ1) is 8.25. The zero-order chi connectivity index (χ0) is 5.28. The Hall–Kier alpha value is 0.250. The van der Waals surface area contributed by atoms with Crippen molar-refractivity contribution in [2.24, 2.45) is 0 Å². The molecule has 1 rings (SSSR count). The lowest BCUT2D eigenvalue weighted by atomic mass is 10.2. The first-order valence-electron chi connectivity index (χ1n) is 3.05. The second kappa shape index (κ2) is 3.31. The summed E-state index contributed by atoms with van der Waals surface area (Å²) >= 11 is 0. The highest BCUT2D eigenvalue weighted by Crippen LogP contribution is 2.09. The molecule has 1 N–H and O–H groups in total. The predicted molar refractivity (Wildman–Crippen MR) is 38.5 cm³/mol. The van der Waals surface area contributed by atoms with Crippen LogP contribution in [-0.4, -0.2) is 12.1 Å². The zero-order valence-corrected chi connectivity index (χ0v) is 6.29. The van der Waals surface area contributed by atoms with Gasteiger partial charge in [-0.15, -0.1) is 12.4 Å². The van der Waals surface area contributed by atoms with Crippen LogP contribution in [0.15, 0.2) is 0 Å². The lowest BCUT2D eigenvalue weighted by Gasteiger charge is -2.01. The summed E-state index contributed by atoms with van der Waals surface area (Å²) in [5, 5.41) is 3.42. The molecule has 1 aliphatic rings. The van der Waals surface area contributed by atoms with E-state index in [-0.39, 0.29) is 12.4 Å². The summed E-state index contributed by atoms with van der Waals surface area (Å²) in [5.41, 5.74) is 0. The highest BCUT2D eigenvalue weighted by Gasteiger charge is 2.14. The van der Waals surface area contributed by atoms with Crippen LogP contribution in [0.2, 0.25) is 0 Å². The molecule has 2 unspecified atom stereocenters. The topological polar surface area (TPSA) is 12.0 Å². The fourth-order valence-electron chi connectivity index (χ4n) is 1.15. The molecule has 1 fully saturated rings. The van der Waals surface area contributed by atoms with Crippen LogP contribution >= 0.6 is 12.4 Å². The van der Waals surface area contributed by atoms with Gasteiger partial charge in [-0.1, -0.05) is 0 Å². The summed E-state index contributed by atoms with van der Waals surface area (Å²) in [4.78, 5) is 0. The number of halogens is 1. The van der Waals surface area contributed by atoms with Crippen molar-refractivity contribution in [3.05, 3.63) is 0 Å². The summed E-state index contributed by atoms with van der Waals surface area (Å²) in [6.45, 7) is 4.48. The van der Waals surface area contributed by atoms with E-state index in [1.54, 1.807) is 0 Å². The van der Waals surface area contributed by atoms with E-state index in [1.165, 1.54) is 12.8 Å². The monoisotopic (exact) mass is 135 g/mol. The fourth-order valence-corrected chi connectivity index (χ4v) is 1.15. The minimum atomic E-state index is 0. The Morgan fingerprint density at radius 3 is 1.62 bits per heavy atom. The van der Waals surface area contributed by atoms with Crippen LogP contribution in [0.25, 0.3) is 0 Å². The van der Waals surface area contributed by atoms with Gasteiger partial charge in [0.2, 0.25) is 0 Å². The van der Waals surface area contributed by atoms with Crippen LogP contribution < -0.4 is 5.32 Å². The van der Waals surface area contributed by atoms with Crippen LogP contribution in [0.3, 0.4) is 0 Å². The van der Waals surface area contributed by atoms with E-state index >= 15 is 0 Å². The third-order valence-electron chi connectivity index (χ3n) is 1.60. The van der Waals surface area contributed by atoms with Gasteiger partial charge in [0.25, 0.3) is 0 Å². The second-order valence-electron chi connectivity index (χ2n) is 2.55. The van der Waals surface area contributed by atoms with E-state index in [9.17, 15) is 0 Å². The fraction of sp³-hybridized carbons (Fsp3) is 1.00. The quantitative estimate of drug-likeness (QED) is 0.532. The van der Waals surface area contributed by atoms with Gasteiger partial charge < -0.3 is 5.32 Å². The predicted octanol–water partition coefficient (Wildman–Crippen LogP) is 1.57. The molecule has 0 spiro atoms. The Balaban J connectivity index is 0.000000490. The second-order valence-corrected chi connectivity index (χ2v) is 2.55. The average Bonchev–Trinajstić information content (AvgIpc) is 1.87. The van der Waals surface area contributed by atoms with Gasteiger partial charge in [-0.3, -0.25) is 0 Å². The molecule has 8 heavy (non-hydrogen) atoms. The first-order valence-corrected chi connectivity index (χ1v) is 3.05. The average molecular weight is 136 g/mol. The largest absolute Gasteiger partial charge is 0.312 e. The van der Waals surface area contributed by atoms with Crippen molar-refractivity contribution in [3.8, 4) is 0 Å². The lowest BCUT2D eigenvalue weighted by molar-refractivity contribution is 0.596. The maximum absolute atomic E-state index is 3.42. The number of nitrogens with one attached hydrogen (secondary N) is 1. The van der Waals surface area contributed by atoms with E-state index in [0.717, 1.165) is 12.1 Å².